The van der Waals surface area contributed by atoms with E-state index in [1.165, 1.54) is 0 Å². The molecule has 82 valence electrons. The van der Waals surface area contributed by atoms with Gasteiger partial charge in [0.05, 0.1) is 10.9 Å². The molecule has 1 heterocycles. The smallest absolute Gasteiger partial charge is 0.307 e. The Labute approximate surface area is 97.9 Å². The fraction of sp³-hybridized carbons (Fsp3) is 0.545. The van der Waals surface area contributed by atoms with Gasteiger partial charge in [0.25, 0.3) is 0 Å². The van der Waals surface area contributed by atoms with Crippen molar-refractivity contribution in [2.45, 2.75) is 31.6 Å². The van der Waals surface area contributed by atoms with Crippen molar-refractivity contribution in [1.82, 2.24) is 0 Å². The number of hydrogen-bond donors (Lipinski definition) is 1. The van der Waals surface area contributed by atoms with Gasteiger partial charge < -0.3 is 5.11 Å². The van der Waals surface area contributed by atoms with Gasteiger partial charge in [0.15, 0.2) is 0 Å². The average molecular weight is 245 g/mol. The van der Waals surface area contributed by atoms with Gasteiger partial charge in [0.2, 0.25) is 0 Å². The Bertz CT molecular complexity index is 361. The van der Waals surface area contributed by atoms with Gasteiger partial charge in [-0.05, 0) is 24.3 Å². The third kappa shape index (κ3) is 2.18. The summed E-state index contributed by atoms with van der Waals surface area (Å²) in [5.74, 6) is -0.789. The number of carboxylic acids is 1. The molecule has 1 aromatic heterocycles. The lowest BCUT2D eigenvalue weighted by atomic mass is 9.78. The third-order valence-electron chi connectivity index (χ3n) is 3.06. The number of carboxylic acid groups (broad SMARTS) is 1. The molecule has 0 radical (unpaired) electrons. The van der Waals surface area contributed by atoms with Crippen molar-refractivity contribution in [3.8, 4) is 0 Å². The normalized spacial score (nSPS) is 26.5. The highest BCUT2D eigenvalue weighted by Crippen LogP contribution is 2.42. The van der Waals surface area contributed by atoms with Crippen LogP contribution in [0.1, 0.15) is 36.5 Å². The summed E-state index contributed by atoms with van der Waals surface area (Å²) < 4.78 is 0. The van der Waals surface area contributed by atoms with E-state index in [-0.39, 0.29) is 11.8 Å². The summed E-state index contributed by atoms with van der Waals surface area (Å²) in [6, 6.07) is 1.86. The van der Waals surface area contributed by atoms with E-state index in [9.17, 15) is 4.79 Å². The van der Waals surface area contributed by atoms with Crippen LogP contribution >= 0.6 is 22.9 Å². The van der Waals surface area contributed by atoms with Crippen LogP contribution in [0, 0.1) is 5.92 Å². The Hall–Kier alpha value is -0.540. The predicted octanol–water partition coefficient (Wildman–Crippen LogP) is 3.76. The zero-order valence-corrected chi connectivity index (χ0v) is 9.85. The van der Waals surface area contributed by atoms with Crippen LogP contribution in [0.5, 0.6) is 0 Å². The maximum atomic E-state index is 11.1. The fourth-order valence-corrected chi connectivity index (χ4v) is 3.71. The van der Waals surface area contributed by atoms with Crippen molar-refractivity contribution in [2.75, 3.05) is 0 Å². The first-order valence-corrected chi connectivity index (χ1v) is 6.41. The van der Waals surface area contributed by atoms with Gasteiger partial charge in [0, 0.05) is 10.8 Å². The number of hydrogen-bond acceptors (Lipinski definition) is 2. The van der Waals surface area contributed by atoms with Gasteiger partial charge in [-0.25, -0.2) is 0 Å². The van der Waals surface area contributed by atoms with Crippen LogP contribution in [-0.4, -0.2) is 11.1 Å². The molecule has 0 saturated heterocycles. The quantitative estimate of drug-likeness (QED) is 0.860. The van der Waals surface area contributed by atoms with Gasteiger partial charge >= 0.3 is 5.97 Å². The SMILES string of the molecule is O=C(O)C1CCCCC1c1sccc1Cl. The Kier molecular flexibility index (Phi) is 3.32. The Morgan fingerprint density at radius 3 is 2.80 bits per heavy atom. The van der Waals surface area contributed by atoms with Crippen LogP contribution < -0.4 is 0 Å². The van der Waals surface area contributed by atoms with Crippen molar-refractivity contribution in [3.05, 3.63) is 21.3 Å². The van der Waals surface area contributed by atoms with Gasteiger partial charge in [-0.15, -0.1) is 11.3 Å². The number of aliphatic carboxylic acids is 1. The molecule has 2 unspecified atom stereocenters. The zero-order valence-electron chi connectivity index (χ0n) is 8.28. The Morgan fingerprint density at radius 2 is 2.20 bits per heavy atom. The molecule has 1 fully saturated rings. The molecule has 15 heavy (non-hydrogen) atoms. The monoisotopic (exact) mass is 244 g/mol. The van der Waals surface area contributed by atoms with Crippen LogP contribution in [0.2, 0.25) is 5.02 Å². The van der Waals surface area contributed by atoms with E-state index in [0.29, 0.717) is 0 Å². The molecule has 1 aromatic rings. The zero-order chi connectivity index (χ0) is 10.8. The summed E-state index contributed by atoms with van der Waals surface area (Å²) >= 11 is 7.64. The second-order valence-corrected chi connectivity index (χ2v) is 5.32. The van der Waals surface area contributed by atoms with Crippen molar-refractivity contribution in [2.24, 2.45) is 5.92 Å². The van der Waals surface area contributed by atoms with E-state index in [0.717, 1.165) is 35.6 Å². The highest BCUT2D eigenvalue weighted by Gasteiger charge is 2.33. The van der Waals surface area contributed by atoms with Crippen LogP contribution in [-0.2, 0) is 4.79 Å². The van der Waals surface area contributed by atoms with Gasteiger partial charge in [0.1, 0.15) is 0 Å². The first kappa shape index (κ1) is 11.0. The third-order valence-corrected chi connectivity index (χ3v) is 4.56. The fourth-order valence-electron chi connectivity index (χ4n) is 2.31. The second-order valence-electron chi connectivity index (χ2n) is 3.97. The maximum Gasteiger partial charge on any atom is 0.307 e. The standard InChI is InChI=1S/C11H13ClO2S/c12-9-5-6-15-10(9)7-3-1-2-4-8(7)11(13)14/h5-8H,1-4H2,(H,13,14). The molecule has 0 spiro atoms. The van der Waals surface area contributed by atoms with Crippen LogP contribution in [0.3, 0.4) is 0 Å². The van der Waals surface area contributed by atoms with E-state index < -0.39 is 5.97 Å². The molecule has 0 amide bonds. The number of carbonyl (C=O) groups is 1. The van der Waals surface area contributed by atoms with Crippen LogP contribution in [0.15, 0.2) is 11.4 Å². The molecule has 1 aliphatic carbocycles. The molecule has 2 atom stereocenters. The average Bonchev–Trinajstić information content (AvgIpc) is 2.64. The molecule has 0 bridgehead atoms. The van der Waals surface area contributed by atoms with Crippen molar-refractivity contribution >= 4 is 28.9 Å². The highest BCUT2D eigenvalue weighted by molar-refractivity contribution is 7.10. The van der Waals surface area contributed by atoms with E-state index >= 15 is 0 Å². The lowest BCUT2D eigenvalue weighted by molar-refractivity contribution is -0.143. The maximum absolute atomic E-state index is 11.1. The van der Waals surface area contributed by atoms with E-state index in [1.807, 2.05) is 11.4 Å². The summed E-state index contributed by atoms with van der Waals surface area (Å²) in [6.45, 7) is 0. The highest BCUT2D eigenvalue weighted by atomic mass is 35.5. The Balaban J connectivity index is 2.25. The number of rotatable bonds is 2. The molecule has 2 rings (SSSR count). The molecule has 0 aromatic carbocycles. The largest absolute Gasteiger partial charge is 0.481 e. The summed E-state index contributed by atoms with van der Waals surface area (Å²) in [4.78, 5) is 12.2. The Morgan fingerprint density at radius 1 is 1.47 bits per heavy atom. The molecule has 1 N–H and O–H groups in total. The first-order valence-electron chi connectivity index (χ1n) is 5.16. The topological polar surface area (TPSA) is 37.3 Å². The van der Waals surface area contributed by atoms with Crippen LogP contribution in [0.25, 0.3) is 0 Å². The van der Waals surface area contributed by atoms with Gasteiger partial charge in [-0.3, -0.25) is 4.79 Å². The minimum absolute atomic E-state index is 0.128. The minimum atomic E-state index is -0.677. The lowest BCUT2D eigenvalue weighted by Gasteiger charge is -2.27. The first-order chi connectivity index (χ1) is 7.20. The van der Waals surface area contributed by atoms with Crippen LogP contribution in [0.4, 0.5) is 0 Å². The summed E-state index contributed by atoms with van der Waals surface area (Å²) in [6.07, 6.45) is 3.88. The van der Waals surface area contributed by atoms with E-state index in [1.54, 1.807) is 11.3 Å². The molecule has 1 aliphatic rings. The van der Waals surface area contributed by atoms with Gasteiger partial charge in [-0.2, -0.15) is 0 Å². The second kappa shape index (κ2) is 4.54. The van der Waals surface area contributed by atoms with Crippen molar-refractivity contribution in [1.29, 1.82) is 0 Å². The molecule has 1 saturated carbocycles. The molecular weight excluding hydrogens is 232 g/mol. The number of thiophene rings is 1. The minimum Gasteiger partial charge on any atom is -0.481 e. The molecule has 2 nitrogen and oxygen atoms in total. The summed E-state index contributed by atoms with van der Waals surface area (Å²) in [5, 5.41) is 11.8. The van der Waals surface area contributed by atoms with E-state index in [4.69, 9.17) is 16.7 Å². The van der Waals surface area contributed by atoms with Crippen molar-refractivity contribution in [3.63, 3.8) is 0 Å². The number of halogens is 1. The predicted molar refractivity (Wildman–Crippen MR) is 61.7 cm³/mol. The lowest BCUT2D eigenvalue weighted by Crippen LogP contribution is -2.24. The molecule has 0 aliphatic heterocycles. The molecule has 4 heteroatoms. The van der Waals surface area contributed by atoms with Crippen molar-refractivity contribution < 1.29 is 9.90 Å². The molecular formula is C11H13ClO2S. The summed E-state index contributed by atoms with van der Waals surface area (Å²) in [5.41, 5.74) is 0. The van der Waals surface area contributed by atoms with Gasteiger partial charge in [-0.1, -0.05) is 24.4 Å². The van der Waals surface area contributed by atoms with E-state index in [2.05, 4.69) is 0 Å². The summed E-state index contributed by atoms with van der Waals surface area (Å²) in [7, 11) is 0.